The van der Waals surface area contributed by atoms with Gasteiger partial charge in [0.1, 0.15) is 5.82 Å². The van der Waals surface area contributed by atoms with Crippen molar-refractivity contribution in [2.75, 3.05) is 0 Å². The van der Waals surface area contributed by atoms with Crippen LogP contribution in [0.2, 0.25) is 0 Å². The summed E-state index contributed by atoms with van der Waals surface area (Å²) in [5.41, 5.74) is 3.02. The molecule has 0 aliphatic rings. The Morgan fingerprint density at radius 2 is 1.33 bits per heavy atom. The van der Waals surface area contributed by atoms with Gasteiger partial charge in [0.2, 0.25) is 0 Å². The van der Waals surface area contributed by atoms with E-state index < -0.39 is 0 Å². The summed E-state index contributed by atoms with van der Waals surface area (Å²) in [6.45, 7) is 11.3. The summed E-state index contributed by atoms with van der Waals surface area (Å²) in [6.07, 6.45) is 2.93. The molecule has 1 radical (unpaired) electrons. The molecule has 4 nitrogen and oxygen atoms in total. The van der Waals surface area contributed by atoms with E-state index in [1.807, 2.05) is 60.7 Å². The molecule has 0 unspecified atom stereocenters. The molecule has 2 aromatic heterocycles. The van der Waals surface area contributed by atoms with Crippen LogP contribution in [0.25, 0.3) is 16.9 Å². The number of aromatic nitrogens is 3. The number of pyridine rings is 1. The van der Waals surface area contributed by atoms with Crippen LogP contribution < -0.4 is 5.69 Å². The van der Waals surface area contributed by atoms with Crippen molar-refractivity contribution in [3.05, 3.63) is 102 Å². The number of para-hydroxylation sites is 2. The van der Waals surface area contributed by atoms with Crippen LogP contribution in [0.1, 0.15) is 32.8 Å². The zero-order valence-corrected chi connectivity index (χ0v) is 21.6. The minimum Gasteiger partial charge on any atom is -0.346 e. The Balaban J connectivity index is 0.000000544. The zero-order valence-electron chi connectivity index (χ0n) is 18.7. The van der Waals surface area contributed by atoms with E-state index in [0.29, 0.717) is 5.82 Å². The van der Waals surface area contributed by atoms with Crippen molar-refractivity contribution < 1.29 is 32.7 Å². The molecule has 0 saturated carbocycles. The van der Waals surface area contributed by atoms with Gasteiger partial charge in [0.15, 0.2) is 0 Å². The summed E-state index contributed by atoms with van der Waals surface area (Å²) in [7, 11) is 1.77. The molecule has 5 heteroatoms. The number of hydrogen-bond acceptors (Lipinski definition) is 2. The van der Waals surface area contributed by atoms with E-state index >= 15 is 0 Å². The Labute approximate surface area is 205 Å². The molecule has 0 amide bonds. The van der Waals surface area contributed by atoms with Crippen molar-refractivity contribution in [1.29, 1.82) is 0 Å². The minimum absolute atomic E-state index is 0. The van der Waals surface area contributed by atoms with E-state index in [2.05, 4.69) is 44.8 Å². The maximum Gasteiger partial charge on any atom is 0.334 e. The van der Waals surface area contributed by atoms with Gasteiger partial charge < -0.3 is 6.92 Å². The number of hydrogen-bond donors (Lipinski definition) is 0. The van der Waals surface area contributed by atoms with E-state index in [1.54, 1.807) is 29.3 Å². The smallest absolute Gasteiger partial charge is 0.334 e. The first-order valence-electron chi connectivity index (χ1n) is 9.90. The molecule has 0 saturated heterocycles. The van der Waals surface area contributed by atoms with E-state index in [-0.39, 0.29) is 38.4 Å². The molecular formula is C25H32N3OY-. The number of imidazole rings is 1. The molecule has 0 atom stereocenters. The third kappa shape index (κ3) is 8.00. The molecule has 0 fully saturated rings. The van der Waals surface area contributed by atoms with Gasteiger partial charge in [-0.15, -0.1) is 0 Å². The Morgan fingerprint density at radius 3 is 1.80 bits per heavy atom. The van der Waals surface area contributed by atoms with Crippen LogP contribution in [0.15, 0.2) is 83.8 Å². The number of nitrogens with zero attached hydrogens (tertiary/aromatic N) is 3. The van der Waals surface area contributed by atoms with E-state index in [9.17, 15) is 4.79 Å². The molecule has 2 heterocycles. The predicted octanol–water partition coefficient (Wildman–Crippen LogP) is 5.97. The van der Waals surface area contributed by atoms with Crippen molar-refractivity contribution in [1.82, 2.24) is 14.1 Å². The van der Waals surface area contributed by atoms with Gasteiger partial charge in [-0.2, -0.15) is 6.92 Å². The van der Waals surface area contributed by atoms with Crippen molar-refractivity contribution >= 4 is 11.0 Å². The molecule has 0 N–H and O–H groups in total. The van der Waals surface area contributed by atoms with Gasteiger partial charge in [-0.1, -0.05) is 74.4 Å². The Hall–Kier alpha value is -2.04. The normalized spacial score (nSPS) is 9.00. The fraction of sp³-hybridized carbons (Fsp3) is 0.240. The van der Waals surface area contributed by atoms with Crippen molar-refractivity contribution in [2.45, 2.75) is 34.1 Å². The standard InChI is InChI=1S/C13H11N3O.C7H8.C3H8.C2H5.Y/c1-15-10-6-2-3-7-11(10)16(13(15)17)12-8-4-5-9-14-12;1-7-5-3-2-4-6-7;1-3-2;1-2;/h2-9H,1H3;2-6H,1H3;3H2,1-2H3;1H2,2H3;/q;;;-1;. The third-order valence-corrected chi connectivity index (χ3v) is 3.78. The second-order valence-corrected chi connectivity index (χ2v) is 6.22. The SMILES string of the molecule is CCC.Cc1ccccc1.Cn1c(=O)n(-c2ccccn2)c2ccccc21.[CH2-]C.[Y]. The Kier molecular flexibility index (Phi) is 14.7. The van der Waals surface area contributed by atoms with Crippen LogP contribution in [0.5, 0.6) is 0 Å². The molecule has 2 aromatic carbocycles. The minimum atomic E-state index is -0.0788. The quantitative estimate of drug-likeness (QED) is 0.316. The van der Waals surface area contributed by atoms with Gasteiger partial charge in [0, 0.05) is 46.0 Å². The summed E-state index contributed by atoms with van der Waals surface area (Å²) in [5.74, 6) is 0.648. The van der Waals surface area contributed by atoms with E-state index in [4.69, 9.17) is 0 Å². The molecule has 0 spiro atoms. The van der Waals surface area contributed by atoms with Gasteiger partial charge >= 0.3 is 5.69 Å². The largest absolute Gasteiger partial charge is 0.346 e. The van der Waals surface area contributed by atoms with Gasteiger partial charge in [0.05, 0.1) is 11.0 Å². The molecule has 4 aromatic rings. The monoisotopic (exact) mass is 479 g/mol. The van der Waals surface area contributed by atoms with Crippen molar-refractivity contribution in [3.8, 4) is 5.82 Å². The first kappa shape index (κ1) is 28.0. The van der Waals surface area contributed by atoms with Gasteiger partial charge in [-0.05, 0) is 31.2 Å². The number of benzene rings is 2. The van der Waals surface area contributed by atoms with Crippen LogP contribution in [-0.4, -0.2) is 14.1 Å². The molecular weight excluding hydrogens is 447 g/mol. The summed E-state index contributed by atoms with van der Waals surface area (Å²) < 4.78 is 3.25. The van der Waals surface area contributed by atoms with Crippen LogP contribution in [0.3, 0.4) is 0 Å². The summed E-state index contributed by atoms with van der Waals surface area (Å²) in [5, 5.41) is 0. The Bertz CT molecular complexity index is 1010. The van der Waals surface area contributed by atoms with E-state index in [0.717, 1.165) is 11.0 Å². The molecule has 0 bridgehead atoms. The predicted molar refractivity (Wildman–Crippen MR) is 124 cm³/mol. The average molecular weight is 479 g/mol. The molecule has 0 aliphatic heterocycles. The van der Waals surface area contributed by atoms with Gasteiger partial charge in [-0.25, -0.2) is 14.3 Å². The third-order valence-electron chi connectivity index (χ3n) is 3.78. The summed E-state index contributed by atoms with van der Waals surface area (Å²) in [4.78, 5) is 16.4. The first-order valence-corrected chi connectivity index (χ1v) is 9.90. The summed E-state index contributed by atoms with van der Waals surface area (Å²) >= 11 is 0. The average Bonchev–Trinajstić information content (AvgIpc) is 3.02. The van der Waals surface area contributed by atoms with Crippen LogP contribution in [0.4, 0.5) is 0 Å². The maximum atomic E-state index is 12.2. The zero-order chi connectivity index (χ0) is 21.6. The van der Waals surface area contributed by atoms with Crippen LogP contribution in [-0.2, 0) is 39.8 Å². The molecule has 157 valence electrons. The second-order valence-electron chi connectivity index (χ2n) is 6.22. The number of rotatable bonds is 1. The summed E-state index contributed by atoms with van der Waals surface area (Å²) in [6, 6.07) is 23.5. The Morgan fingerprint density at radius 1 is 0.833 bits per heavy atom. The van der Waals surface area contributed by atoms with Crippen molar-refractivity contribution in [3.63, 3.8) is 0 Å². The molecule has 0 aliphatic carbocycles. The number of fused-ring (bicyclic) bond motifs is 1. The van der Waals surface area contributed by atoms with Crippen LogP contribution >= 0.6 is 0 Å². The topological polar surface area (TPSA) is 39.8 Å². The van der Waals surface area contributed by atoms with Gasteiger partial charge in [-0.3, -0.25) is 4.57 Å². The van der Waals surface area contributed by atoms with Crippen molar-refractivity contribution in [2.24, 2.45) is 7.05 Å². The van der Waals surface area contributed by atoms with Crippen LogP contribution in [0, 0.1) is 13.8 Å². The number of aryl methyl sites for hydroxylation is 2. The van der Waals surface area contributed by atoms with Gasteiger partial charge in [0.25, 0.3) is 0 Å². The fourth-order valence-corrected chi connectivity index (χ4v) is 2.53. The second kappa shape index (κ2) is 15.8. The maximum absolute atomic E-state index is 12.2. The molecule has 30 heavy (non-hydrogen) atoms. The molecule has 4 rings (SSSR count). The van der Waals surface area contributed by atoms with E-state index in [1.165, 1.54) is 12.0 Å². The fourth-order valence-electron chi connectivity index (χ4n) is 2.53. The first-order chi connectivity index (χ1) is 14.1.